The molecule has 0 heterocycles. The molecule has 13 heavy (non-hydrogen) atoms. The number of benzene rings is 1. The zero-order chi connectivity index (χ0) is 10.3. The summed E-state index contributed by atoms with van der Waals surface area (Å²) in [6, 6.07) is 12.0. The van der Waals surface area contributed by atoms with Gasteiger partial charge >= 0.3 is 6.18 Å². The molecule has 0 unspecified atom stereocenters. The second-order valence-corrected chi connectivity index (χ2v) is 2.91. The fourth-order valence-electron chi connectivity index (χ4n) is 0.385. The third-order valence-electron chi connectivity index (χ3n) is 0.890. The second-order valence-electron chi connectivity index (χ2n) is 1.93. The van der Waals surface area contributed by atoms with E-state index in [4.69, 9.17) is 0 Å². The molecule has 0 aromatic heterocycles. The van der Waals surface area contributed by atoms with Gasteiger partial charge in [0, 0.05) is 22.6 Å². The third-order valence-corrected chi connectivity index (χ3v) is 1.50. The maximum atomic E-state index is 10.8. The van der Waals surface area contributed by atoms with Crippen LogP contribution in [0.2, 0.25) is 0 Å². The average Bonchev–Trinajstić information content (AvgIpc) is 2.07. The minimum Gasteiger partial charge on any atom is -0.278 e. The molecule has 1 aromatic rings. The lowest BCUT2D eigenvalue weighted by Crippen LogP contribution is -2.15. The van der Waals surface area contributed by atoms with Crippen LogP contribution in [-0.2, 0) is 4.79 Å². The first-order chi connectivity index (χ1) is 5.94. The van der Waals surface area contributed by atoms with E-state index < -0.39 is 9.97 Å². The number of carbonyl (C=O) groups is 1. The molecule has 0 saturated carbocycles. The van der Waals surface area contributed by atoms with Crippen LogP contribution >= 0.6 is 22.6 Å². The van der Waals surface area contributed by atoms with Crippen LogP contribution in [-0.4, -0.2) is 9.97 Å². The lowest BCUT2D eigenvalue weighted by Gasteiger charge is -1.94. The van der Waals surface area contributed by atoms with Gasteiger partial charge in [0.1, 0.15) is 0 Å². The lowest BCUT2D eigenvalue weighted by molar-refractivity contribution is -0.158. The van der Waals surface area contributed by atoms with Crippen molar-refractivity contribution in [3.63, 3.8) is 0 Å². The number of rotatable bonds is 0. The van der Waals surface area contributed by atoms with E-state index in [1.165, 1.54) is 0 Å². The van der Waals surface area contributed by atoms with Gasteiger partial charge < -0.3 is 0 Å². The van der Waals surface area contributed by atoms with Crippen LogP contribution < -0.4 is 0 Å². The summed E-state index contributed by atoms with van der Waals surface area (Å²) in [5.74, 6) is 0. The first-order valence-electron chi connectivity index (χ1n) is 3.21. The van der Waals surface area contributed by atoms with Crippen molar-refractivity contribution in [2.24, 2.45) is 0 Å². The van der Waals surface area contributed by atoms with Crippen molar-refractivity contribution in [2.45, 2.75) is 6.18 Å². The number of halogens is 4. The Kier molecular flexibility index (Phi) is 5.68. The summed E-state index contributed by atoms with van der Waals surface area (Å²) in [6.45, 7) is 0. The molecule has 1 aromatic carbocycles. The van der Waals surface area contributed by atoms with E-state index in [-0.39, 0.29) is 0 Å². The summed E-state index contributed by atoms with van der Waals surface area (Å²) in [7, 11) is 0. The van der Waals surface area contributed by atoms with Crippen molar-refractivity contribution in [3.05, 3.63) is 36.4 Å². The maximum Gasteiger partial charge on any atom is 0.460 e. The summed E-state index contributed by atoms with van der Waals surface area (Å²) >= 11 is 0.685. The number of carbonyl (C=O) groups excluding carboxylic acids is 1. The molecular weight excluding hydrogens is 296 g/mol. The van der Waals surface area contributed by atoms with E-state index in [1.54, 1.807) is 0 Å². The molecule has 0 amide bonds. The van der Waals surface area contributed by atoms with Gasteiger partial charge in [-0.05, 0) is 0 Å². The quantitative estimate of drug-likeness (QED) is 0.531. The monoisotopic (exact) mass is 302 g/mol. The Bertz CT molecular complexity index is 219. The van der Waals surface area contributed by atoms with Crippen molar-refractivity contribution in [2.75, 3.05) is 0 Å². The Balaban J connectivity index is 0.000000223. The number of hydrogen-bond acceptors (Lipinski definition) is 1. The molecule has 0 N–H and O–H groups in total. The molecule has 0 aliphatic heterocycles. The van der Waals surface area contributed by atoms with Crippen molar-refractivity contribution in [1.82, 2.24) is 0 Å². The largest absolute Gasteiger partial charge is 0.460 e. The van der Waals surface area contributed by atoms with E-state index in [2.05, 4.69) is 0 Å². The van der Waals surface area contributed by atoms with Gasteiger partial charge in [0.15, 0.2) is 0 Å². The Hall–Kier alpha value is -0.590. The second kappa shape index (κ2) is 5.95. The van der Waals surface area contributed by atoms with Gasteiger partial charge in [-0.25, -0.2) is 0 Å². The van der Waals surface area contributed by atoms with Crippen LogP contribution in [0.3, 0.4) is 0 Å². The van der Waals surface area contributed by atoms with Crippen LogP contribution in [0.1, 0.15) is 0 Å². The zero-order valence-corrected chi connectivity index (χ0v) is 8.54. The Morgan fingerprint density at radius 2 is 1.08 bits per heavy atom. The summed E-state index contributed by atoms with van der Waals surface area (Å²) in [5, 5.41) is 0. The molecule has 0 fully saturated rings. The number of alkyl halides is 3. The van der Waals surface area contributed by atoms with Gasteiger partial charge in [0.05, 0.1) is 0 Å². The molecular formula is C8H6F3IO. The Labute approximate surface area is 87.1 Å². The van der Waals surface area contributed by atoms with Crippen LogP contribution in [0.15, 0.2) is 36.4 Å². The van der Waals surface area contributed by atoms with Crippen molar-refractivity contribution < 1.29 is 18.0 Å². The highest BCUT2D eigenvalue weighted by Crippen LogP contribution is 2.18. The van der Waals surface area contributed by atoms with Crippen molar-refractivity contribution >= 4 is 26.4 Å². The summed E-state index contributed by atoms with van der Waals surface area (Å²) < 4.78 is 30.7. The summed E-state index contributed by atoms with van der Waals surface area (Å²) in [4.78, 5) is 9.33. The van der Waals surface area contributed by atoms with Gasteiger partial charge in [-0.15, -0.1) is 0 Å². The minimum atomic E-state index is -4.65. The van der Waals surface area contributed by atoms with E-state index >= 15 is 0 Å². The van der Waals surface area contributed by atoms with Gasteiger partial charge in [0.2, 0.25) is 0 Å². The van der Waals surface area contributed by atoms with Crippen LogP contribution in [0.4, 0.5) is 13.2 Å². The molecule has 5 heteroatoms. The van der Waals surface area contributed by atoms with E-state index in [9.17, 15) is 18.0 Å². The third kappa shape index (κ3) is 7.76. The lowest BCUT2D eigenvalue weighted by atomic mass is 10.4. The molecule has 0 aliphatic rings. The Morgan fingerprint density at radius 1 is 0.923 bits per heavy atom. The fourth-order valence-corrected chi connectivity index (χ4v) is 0.385. The molecule has 72 valence electrons. The SMILES string of the molecule is O=C(I)C(F)(F)F.c1ccccc1. The highest BCUT2D eigenvalue weighted by atomic mass is 127. The maximum absolute atomic E-state index is 10.8. The first-order valence-corrected chi connectivity index (χ1v) is 4.29. The van der Waals surface area contributed by atoms with Gasteiger partial charge in [0.25, 0.3) is 3.79 Å². The molecule has 1 nitrogen and oxygen atoms in total. The minimum absolute atomic E-state index is 0.685. The fraction of sp³-hybridized carbons (Fsp3) is 0.125. The predicted octanol–water partition coefficient (Wildman–Crippen LogP) is 3.20. The molecule has 0 saturated heterocycles. The highest BCUT2D eigenvalue weighted by Gasteiger charge is 2.35. The number of hydrogen-bond donors (Lipinski definition) is 0. The first kappa shape index (κ1) is 12.4. The molecule has 0 bridgehead atoms. The standard InChI is InChI=1S/C6H6.C2F3IO/c1-2-4-6-5-3-1;3-2(4,5)1(6)7/h1-6H;. The molecule has 0 spiro atoms. The molecule has 0 radical (unpaired) electrons. The van der Waals surface area contributed by atoms with E-state index in [1.807, 2.05) is 36.4 Å². The van der Waals surface area contributed by atoms with Crippen molar-refractivity contribution in [1.29, 1.82) is 0 Å². The zero-order valence-electron chi connectivity index (χ0n) is 6.38. The molecule has 1 rings (SSSR count). The van der Waals surface area contributed by atoms with E-state index in [0.29, 0.717) is 22.6 Å². The topological polar surface area (TPSA) is 17.1 Å². The van der Waals surface area contributed by atoms with Gasteiger partial charge in [-0.1, -0.05) is 36.4 Å². The Morgan fingerprint density at radius 3 is 1.15 bits per heavy atom. The summed E-state index contributed by atoms with van der Waals surface area (Å²) in [5.41, 5.74) is 0. The van der Waals surface area contributed by atoms with Crippen LogP contribution in [0.25, 0.3) is 0 Å². The predicted molar refractivity (Wildman–Crippen MR) is 51.5 cm³/mol. The van der Waals surface area contributed by atoms with E-state index in [0.717, 1.165) is 0 Å². The molecule has 0 aliphatic carbocycles. The van der Waals surface area contributed by atoms with Crippen LogP contribution in [0, 0.1) is 0 Å². The van der Waals surface area contributed by atoms with Gasteiger partial charge in [-0.2, -0.15) is 13.2 Å². The average molecular weight is 302 g/mol. The van der Waals surface area contributed by atoms with Crippen molar-refractivity contribution in [3.8, 4) is 0 Å². The highest BCUT2D eigenvalue weighted by molar-refractivity contribution is 14.1. The normalized spacial score (nSPS) is 9.85. The van der Waals surface area contributed by atoms with Crippen LogP contribution in [0.5, 0.6) is 0 Å². The summed E-state index contributed by atoms with van der Waals surface area (Å²) in [6.07, 6.45) is -4.65. The molecule has 0 atom stereocenters. The smallest absolute Gasteiger partial charge is 0.278 e. The van der Waals surface area contributed by atoms with Gasteiger partial charge in [-0.3, -0.25) is 4.79 Å².